The molecule has 27 nitrogen and oxygen atoms in total. The van der Waals surface area contributed by atoms with Crippen LogP contribution in [0.15, 0.2) is 46.7 Å². The Morgan fingerprint density at radius 2 is 1.60 bits per heavy atom. The molecule has 0 fully saturated rings. The number of hydrogen-bond donors (Lipinski definition) is 5. The van der Waals surface area contributed by atoms with Gasteiger partial charge in [-0.15, -0.1) is 5.10 Å². The van der Waals surface area contributed by atoms with Gasteiger partial charge in [0.15, 0.2) is 17.1 Å². The first kappa shape index (κ1) is 64.1. The summed E-state index contributed by atoms with van der Waals surface area (Å²) in [6.07, 6.45) is 9.44. The molecule has 3 aliphatic rings. The van der Waals surface area contributed by atoms with Crippen molar-refractivity contribution in [3.8, 4) is 34.1 Å². The van der Waals surface area contributed by atoms with Gasteiger partial charge in [0.05, 0.1) is 41.8 Å². The zero-order valence-electron chi connectivity index (χ0n) is 49.7. The zero-order chi connectivity index (χ0) is 61.9. The third-order valence-corrected chi connectivity index (χ3v) is 16.7. The van der Waals surface area contributed by atoms with Crippen molar-refractivity contribution >= 4 is 56.2 Å². The second kappa shape index (κ2) is 28.5. The van der Waals surface area contributed by atoms with Crippen LogP contribution in [0, 0.1) is 5.92 Å². The predicted molar refractivity (Wildman–Crippen MR) is 312 cm³/mol. The van der Waals surface area contributed by atoms with Crippen molar-refractivity contribution in [2.45, 2.75) is 142 Å². The highest BCUT2D eigenvalue weighted by molar-refractivity contribution is 7.90. The lowest BCUT2D eigenvalue weighted by Gasteiger charge is -2.31. The fourth-order valence-corrected chi connectivity index (χ4v) is 11.2. The van der Waals surface area contributed by atoms with Gasteiger partial charge in [-0.05, 0) is 95.1 Å². The lowest BCUT2D eigenvalue weighted by molar-refractivity contribution is -0.172. The van der Waals surface area contributed by atoms with E-state index < -0.39 is 63.3 Å². The summed E-state index contributed by atoms with van der Waals surface area (Å²) < 4.78 is 48.9. The van der Waals surface area contributed by atoms with Crippen LogP contribution >= 0.6 is 0 Å². The molecule has 86 heavy (non-hydrogen) atoms. The molecule has 0 saturated carbocycles. The number of likely N-dealkylation sites (N-methyl/N-ethyl adjacent to an activating group) is 1. The average molecular weight is 1210 g/mol. The lowest BCUT2D eigenvalue weighted by atomic mass is 9.86. The molecule has 0 saturated heterocycles. The Morgan fingerprint density at radius 3 is 2.30 bits per heavy atom. The number of benzene rings is 1. The largest absolute Gasteiger partial charge is 0.458 e. The van der Waals surface area contributed by atoms with Crippen LogP contribution in [0.25, 0.3) is 33.5 Å². The van der Waals surface area contributed by atoms with Crippen molar-refractivity contribution in [2.75, 3.05) is 65.7 Å². The van der Waals surface area contributed by atoms with Crippen LogP contribution in [0.3, 0.4) is 0 Å². The molecule has 0 bridgehead atoms. The van der Waals surface area contributed by atoms with Gasteiger partial charge in [0.1, 0.15) is 37.7 Å². The summed E-state index contributed by atoms with van der Waals surface area (Å²) in [4.78, 5) is 111. The first-order valence-corrected chi connectivity index (χ1v) is 31.1. The number of rotatable bonds is 31. The number of carbonyl (C=O) groups excluding carboxylic acids is 6. The molecular formula is C58H77N13O14S. The molecule has 0 aliphatic carbocycles. The fourth-order valence-electron chi connectivity index (χ4n) is 10.7. The molecule has 3 atom stereocenters. The van der Waals surface area contributed by atoms with E-state index in [9.17, 15) is 47.1 Å². The van der Waals surface area contributed by atoms with Gasteiger partial charge in [-0.25, -0.2) is 28.2 Å². The molecule has 7 heterocycles. The highest BCUT2D eigenvalue weighted by Gasteiger charge is 2.46. The molecule has 5 aromatic rings. The minimum atomic E-state index is -3.54. The van der Waals surface area contributed by atoms with Gasteiger partial charge in [0.2, 0.25) is 51.3 Å². The number of amides is 5. The summed E-state index contributed by atoms with van der Waals surface area (Å²) in [7, 11) is -3.54. The number of esters is 1. The van der Waals surface area contributed by atoms with Crippen LogP contribution in [-0.4, -0.2) is 171 Å². The van der Waals surface area contributed by atoms with Gasteiger partial charge in [-0.3, -0.25) is 33.4 Å². The van der Waals surface area contributed by atoms with Gasteiger partial charge in [0, 0.05) is 72.8 Å². The number of cyclic esters (lactones) is 1. The molecule has 5 N–H and O–H groups in total. The fraction of sp³-hybridized carbons (Fsp3) is 0.552. The number of hydrogen-bond acceptors (Lipinski definition) is 20. The Hall–Kier alpha value is -7.95. The normalized spacial score (nSPS) is 15.6. The van der Waals surface area contributed by atoms with E-state index in [1.54, 1.807) is 53.2 Å². The van der Waals surface area contributed by atoms with E-state index >= 15 is 0 Å². The number of sulfone groups is 1. The maximum Gasteiger partial charge on any atom is 0.343 e. The molecule has 5 amide bonds. The molecule has 28 heteroatoms. The summed E-state index contributed by atoms with van der Waals surface area (Å²) >= 11 is 0. The first-order chi connectivity index (χ1) is 41.2. The smallest absolute Gasteiger partial charge is 0.343 e. The van der Waals surface area contributed by atoms with Crippen LogP contribution in [0.4, 0.5) is 0 Å². The Balaban J connectivity index is 0.812. The maximum absolute atomic E-state index is 14.0. The van der Waals surface area contributed by atoms with E-state index in [1.807, 2.05) is 13.0 Å². The molecule has 8 rings (SSSR count). The minimum absolute atomic E-state index is 0.00628. The number of aromatic nitrogens is 7. The summed E-state index contributed by atoms with van der Waals surface area (Å²) in [6, 6.07) is 3.28. The molecule has 0 spiro atoms. The van der Waals surface area contributed by atoms with E-state index in [0.717, 1.165) is 48.8 Å². The highest BCUT2D eigenvalue weighted by atomic mass is 32.2. The quantitative estimate of drug-likeness (QED) is 0.0180. The van der Waals surface area contributed by atoms with Crippen LogP contribution < -0.4 is 36.3 Å². The van der Waals surface area contributed by atoms with Crippen LogP contribution in [0.1, 0.15) is 115 Å². The van der Waals surface area contributed by atoms with E-state index in [4.69, 9.17) is 23.9 Å². The van der Waals surface area contributed by atoms with Gasteiger partial charge in [-0.2, -0.15) is 0 Å². The van der Waals surface area contributed by atoms with Crippen LogP contribution in [0.5, 0.6) is 11.5 Å². The molecule has 1 aromatic carbocycles. The number of aliphatic hydroxyl groups is 1. The highest BCUT2D eigenvalue weighted by Crippen LogP contribution is 2.43. The van der Waals surface area contributed by atoms with Crippen molar-refractivity contribution in [1.82, 2.24) is 65.6 Å². The van der Waals surface area contributed by atoms with Crippen molar-refractivity contribution in [3.63, 3.8) is 0 Å². The number of nitrogens with one attached hydrogen (secondary N) is 4. The summed E-state index contributed by atoms with van der Waals surface area (Å²) in [5.41, 5.74) is 2.01. The van der Waals surface area contributed by atoms with Gasteiger partial charge >= 0.3 is 5.97 Å². The maximum atomic E-state index is 14.0. The SMILES string of the molecule is CCN(CC)CCCC[C@H](NC(=O)[C@@H](NC(=O)CCCCCn1cc(-c2cnc(S(C)(=O)=O)nc2)nn1)C(C)C)C(=O)NCC(=O)NCOCC(=O)N(CC)CCc1c2c(nc3cc4c(cc13)OCO4)-c1cc3c(c(=O)n1C2)COC(=O)[C@]3(O)CC. The van der Waals surface area contributed by atoms with Crippen LogP contribution in [-0.2, 0) is 79.8 Å². The molecular weight excluding hydrogens is 1130 g/mol. The molecule has 3 aliphatic heterocycles. The Kier molecular flexibility index (Phi) is 21.2. The summed E-state index contributed by atoms with van der Waals surface area (Å²) in [5.74, 6) is -2.54. The molecule has 464 valence electrons. The van der Waals surface area contributed by atoms with Crippen molar-refractivity contribution in [1.29, 1.82) is 0 Å². The Labute approximate surface area is 498 Å². The third-order valence-electron chi connectivity index (χ3n) is 15.8. The first-order valence-electron chi connectivity index (χ1n) is 29.2. The second-order valence-corrected chi connectivity index (χ2v) is 23.8. The third kappa shape index (κ3) is 15.0. The second-order valence-electron chi connectivity index (χ2n) is 21.9. The van der Waals surface area contributed by atoms with Crippen LogP contribution in [0.2, 0.25) is 0 Å². The summed E-state index contributed by atoms with van der Waals surface area (Å²) in [5, 5.41) is 31.0. The zero-order valence-corrected chi connectivity index (χ0v) is 50.5. The van der Waals surface area contributed by atoms with Gasteiger partial charge < -0.3 is 59.7 Å². The topological polar surface area (TPSA) is 340 Å². The van der Waals surface area contributed by atoms with E-state index in [2.05, 4.69) is 60.3 Å². The number of aryl methyl sites for hydroxylation is 1. The van der Waals surface area contributed by atoms with E-state index in [-0.39, 0.29) is 93.1 Å². The lowest BCUT2D eigenvalue weighted by Crippen LogP contribution is -2.56. The molecule has 0 unspecified atom stereocenters. The standard InChI is InChI=1S/C58H77N13O14S/c1-8-58(79)41-24-45-52-39(29-71(45)55(77)40(41)31-83-56(58)78)37(38-23-46-47(85-34-84-46)25-43(38)63-52)19-22-69(11-4)50(74)32-82-33-62-49(73)28-59-53(75)42(17-14-16-20-68(9-2)10-3)64-54(76)51(35(5)6)65-48(72)18-13-12-15-21-70-30-44(66-67-70)36-26-60-57(61-27-36)86(7,80)81/h23-27,30,35,42,51,79H,8-22,28-29,31-34H2,1-7H3,(H,59,75)(H,62,73)(H,64,76)(H,65,72)/t42-,51-,58-/m0/s1. The van der Waals surface area contributed by atoms with Gasteiger partial charge in [-0.1, -0.05) is 46.3 Å². The number of ether oxygens (including phenoxy) is 4. The van der Waals surface area contributed by atoms with Crippen molar-refractivity contribution in [2.24, 2.45) is 5.92 Å². The Morgan fingerprint density at radius 1 is 0.860 bits per heavy atom. The number of nitrogens with zero attached hydrogens (tertiary/aromatic N) is 9. The monoisotopic (exact) mass is 1210 g/mol. The number of carbonyl (C=O) groups is 6. The van der Waals surface area contributed by atoms with E-state index in [1.165, 1.54) is 12.4 Å². The number of fused-ring (bicyclic) bond motifs is 6. The predicted octanol–water partition coefficient (Wildman–Crippen LogP) is 2.26. The minimum Gasteiger partial charge on any atom is -0.458 e. The number of pyridine rings is 2. The molecule has 4 aromatic heterocycles. The molecule has 0 radical (unpaired) electrons. The summed E-state index contributed by atoms with van der Waals surface area (Å²) in [6.45, 7) is 13.5. The Bertz CT molecular complexity index is 3500. The van der Waals surface area contributed by atoms with Crippen molar-refractivity contribution in [3.05, 3.63) is 69.4 Å². The average Bonchev–Trinajstić information content (AvgIpc) is 1.53. The number of unbranched alkanes of at least 4 members (excludes halogenated alkanes) is 3. The van der Waals surface area contributed by atoms with E-state index in [0.29, 0.717) is 84.9 Å². The van der Waals surface area contributed by atoms with Crippen molar-refractivity contribution < 1.29 is 61.2 Å². The van der Waals surface area contributed by atoms with Gasteiger partial charge in [0.25, 0.3) is 5.56 Å².